The largest absolute Gasteiger partial charge is 0.497 e. The topological polar surface area (TPSA) is 48.0 Å². The first-order valence-corrected chi connectivity index (χ1v) is 12.6. The quantitative estimate of drug-likeness (QED) is 0.306. The summed E-state index contributed by atoms with van der Waals surface area (Å²) in [5.41, 5.74) is 3.83. The van der Waals surface area contributed by atoms with Gasteiger partial charge in [-0.3, -0.25) is 4.79 Å². The van der Waals surface area contributed by atoms with Gasteiger partial charge in [0.15, 0.2) is 0 Å². The van der Waals surface area contributed by atoms with Crippen molar-refractivity contribution in [2.45, 2.75) is 38.6 Å². The third-order valence-electron chi connectivity index (χ3n) is 6.85. The number of benzene rings is 3. The molecule has 3 aromatic carbocycles. The number of carbonyl (C=O) groups is 1. The molecule has 4 rings (SSSR count). The number of ether oxygens (including phenoxy) is 3. The Balaban J connectivity index is 1.73. The van der Waals surface area contributed by atoms with Crippen LogP contribution in [0.15, 0.2) is 66.7 Å². The van der Waals surface area contributed by atoms with Crippen LogP contribution in [-0.4, -0.2) is 27.2 Å². The lowest BCUT2D eigenvalue weighted by molar-refractivity contribution is -0.123. The standard InChI is InChI=1S/C31H35NO4/c1-34-27-18-15-23(16-19-27)14-17-25-20-28(35-2)21-30(36-3)29(25)22-32(26-12-8-5-9-13-26)31(33)24-10-6-4-7-11-24/h5,8-9,12-21,24H,4,6-7,10-11,22H2,1-3H3. The number of hydrogen-bond donors (Lipinski definition) is 0. The molecule has 5 heteroatoms. The van der Waals surface area contributed by atoms with Gasteiger partial charge in [0.2, 0.25) is 5.91 Å². The van der Waals surface area contributed by atoms with Crippen molar-refractivity contribution in [1.82, 2.24) is 0 Å². The predicted molar refractivity (Wildman–Crippen MR) is 146 cm³/mol. The van der Waals surface area contributed by atoms with E-state index in [0.29, 0.717) is 18.0 Å². The van der Waals surface area contributed by atoms with Crippen LogP contribution < -0.4 is 19.1 Å². The third kappa shape index (κ3) is 6.09. The van der Waals surface area contributed by atoms with E-state index in [-0.39, 0.29) is 11.8 Å². The van der Waals surface area contributed by atoms with Crippen LogP contribution in [0.25, 0.3) is 12.2 Å². The van der Waals surface area contributed by atoms with Crippen LogP contribution >= 0.6 is 0 Å². The van der Waals surface area contributed by atoms with Crippen LogP contribution in [0.3, 0.4) is 0 Å². The second-order valence-electron chi connectivity index (χ2n) is 9.10. The third-order valence-corrected chi connectivity index (χ3v) is 6.85. The normalized spacial score (nSPS) is 14.0. The minimum absolute atomic E-state index is 0.0569. The molecule has 0 spiro atoms. The molecule has 0 atom stereocenters. The van der Waals surface area contributed by atoms with E-state index in [0.717, 1.165) is 53.8 Å². The highest BCUT2D eigenvalue weighted by Crippen LogP contribution is 2.34. The number of carbonyl (C=O) groups excluding carboxylic acids is 1. The maximum Gasteiger partial charge on any atom is 0.230 e. The summed E-state index contributed by atoms with van der Waals surface area (Å²) in [5.74, 6) is 2.46. The molecule has 0 radical (unpaired) electrons. The average Bonchev–Trinajstić information content (AvgIpc) is 2.95. The van der Waals surface area contributed by atoms with Crippen molar-refractivity contribution in [2.24, 2.45) is 5.92 Å². The highest BCUT2D eigenvalue weighted by molar-refractivity contribution is 5.95. The minimum Gasteiger partial charge on any atom is -0.497 e. The monoisotopic (exact) mass is 485 g/mol. The lowest BCUT2D eigenvalue weighted by Gasteiger charge is -2.30. The summed E-state index contributed by atoms with van der Waals surface area (Å²) in [4.78, 5) is 15.7. The van der Waals surface area contributed by atoms with Gasteiger partial charge in [0.05, 0.1) is 27.9 Å². The Kier molecular flexibility index (Phi) is 8.66. The van der Waals surface area contributed by atoms with Crippen LogP contribution in [0.4, 0.5) is 5.69 Å². The molecule has 0 saturated heterocycles. The fraction of sp³-hybridized carbons (Fsp3) is 0.323. The molecule has 0 N–H and O–H groups in total. The lowest BCUT2D eigenvalue weighted by Crippen LogP contribution is -2.37. The number of hydrogen-bond acceptors (Lipinski definition) is 4. The molecule has 188 valence electrons. The van der Waals surface area contributed by atoms with Crippen molar-refractivity contribution in [3.63, 3.8) is 0 Å². The van der Waals surface area contributed by atoms with Gasteiger partial charge in [0, 0.05) is 23.2 Å². The first kappa shape index (κ1) is 25.4. The second-order valence-corrected chi connectivity index (χ2v) is 9.10. The van der Waals surface area contributed by atoms with Crippen molar-refractivity contribution in [1.29, 1.82) is 0 Å². The molecule has 5 nitrogen and oxygen atoms in total. The van der Waals surface area contributed by atoms with E-state index >= 15 is 0 Å². The van der Waals surface area contributed by atoms with Crippen molar-refractivity contribution in [3.8, 4) is 17.2 Å². The Morgan fingerprint density at radius 3 is 2.17 bits per heavy atom. The van der Waals surface area contributed by atoms with Crippen LogP contribution in [0.1, 0.15) is 48.8 Å². The fourth-order valence-electron chi connectivity index (χ4n) is 4.79. The Hall–Kier alpha value is -3.73. The SMILES string of the molecule is COc1ccc(C=Cc2cc(OC)cc(OC)c2CN(C(=O)C2CCCCC2)c2ccccc2)cc1. The number of para-hydroxylation sites is 1. The highest BCUT2D eigenvalue weighted by atomic mass is 16.5. The molecule has 1 fully saturated rings. The van der Waals surface area contributed by atoms with E-state index < -0.39 is 0 Å². The molecule has 36 heavy (non-hydrogen) atoms. The van der Waals surface area contributed by atoms with Crippen LogP contribution in [0.5, 0.6) is 17.2 Å². The first-order chi connectivity index (χ1) is 17.6. The first-order valence-electron chi connectivity index (χ1n) is 12.6. The van der Waals surface area contributed by atoms with Crippen LogP contribution in [-0.2, 0) is 11.3 Å². The molecule has 0 bridgehead atoms. The fourth-order valence-corrected chi connectivity index (χ4v) is 4.79. The molecule has 0 aliphatic heterocycles. The van der Waals surface area contributed by atoms with Crippen molar-refractivity contribution in [2.75, 3.05) is 26.2 Å². The lowest BCUT2D eigenvalue weighted by atomic mass is 9.88. The number of amides is 1. The van der Waals surface area contributed by atoms with E-state index in [1.54, 1.807) is 21.3 Å². The zero-order valence-electron chi connectivity index (χ0n) is 21.4. The van der Waals surface area contributed by atoms with Gasteiger partial charge in [-0.1, -0.05) is 61.7 Å². The van der Waals surface area contributed by atoms with E-state index in [1.807, 2.05) is 77.7 Å². The van der Waals surface area contributed by atoms with Gasteiger partial charge in [-0.25, -0.2) is 0 Å². The van der Waals surface area contributed by atoms with E-state index in [1.165, 1.54) is 6.42 Å². The van der Waals surface area contributed by atoms with Gasteiger partial charge in [-0.05, 0) is 54.3 Å². The van der Waals surface area contributed by atoms with E-state index in [4.69, 9.17) is 14.2 Å². The highest BCUT2D eigenvalue weighted by Gasteiger charge is 2.28. The molecule has 0 aromatic heterocycles. The zero-order chi connectivity index (χ0) is 25.3. The minimum atomic E-state index is 0.0569. The van der Waals surface area contributed by atoms with E-state index in [9.17, 15) is 4.79 Å². The van der Waals surface area contributed by atoms with Gasteiger partial charge >= 0.3 is 0 Å². The van der Waals surface area contributed by atoms with Crippen LogP contribution in [0, 0.1) is 5.92 Å². The molecular weight excluding hydrogens is 450 g/mol. The average molecular weight is 486 g/mol. The molecule has 3 aromatic rings. The van der Waals surface area contributed by atoms with Gasteiger partial charge in [0.25, 0.3) is 0 Å². The summed E-state index contributed by atoms with van der Waals surface area (Å²) in [7, 11) is 4.96. The summed E-state index contributed by atoms with van der Waals surface area (Å²) in [6.07, 6.45) is 9.44. The maximum atomic E-state index is 13.8. The predicted octanol–water partition coefficient (Wildman–Crippen LogP) is 7.00. The Labute approximate surface area is 214 Å². The van der Waals surface area contributed by atoms with Gasteiger partial charge < -0.3 is 19.1 Å². The smallest absolute Gasteiger partial charge is 0.230 e. The molecule has 1 amide bonds. The van der Waals surface area contributed by atoms with Crippen molar-refractivity contribution >= 4 is 23.7 Å². The van der Waals surface area contributed by atoms with Crippen molar-refractivity contribution < 1.29 is 19.0 Å². The molecule has 1 saturated carbocycles. The Bertz CT molecular complexity index is 1170. The van der Waals surface area contributed by atoms with Gasteiger partial charge in [0.1, 0.15) is 17.2 Å². The number of anilines is 1. The second kappa shape index (κ2) is 12.3. The van der Waals surface area contributed by atoms with Gasteiger partial charge in [-0.2, -0.15) is 0 Å². The molecule has 1 aliphatic rings. The number of nitrogens with zero attached hydrogens (tertiary/aromatic N) is 1. The number of methoxy groups -OCH3 is 3. The van der Waals surface area contributed by atoms with E-state index in [2.05, 4.69) is 6.08 Å². The summed E-state index contributed by atoms with van der Waals surface area (Å²) in [6, 6.07) is 21.7. The molecule has 1 aliphatic carbocycles. The summed E-state index contributed by atoms with van der Waals surface area (Å²) in [6.45, 7) is 0.412. The van der Waals surface area contributed by atoms with Crippen LogP contribution in [0.2, 0.25) is 0 Å². The maximum absolute atomic E-state index is 13.8. The van der Waals surface area contributed by atoms with Gasteiger partial charge in [-0.15, -0.1) is 0 Å². The summed E-state index contributed by atoms with van der Waals surface area (Å²) < 4.78 is 16.6. The van der Waals surface area contributed by atoms with Crippen molar-refractivity contribution in [3.05, 3.63) is 83.4 Å². The summed E-state index contributed by atoms with van der Waals surface area (Å²) >= 11 is 0. The zero-order valence-corrected chi connectivity index (χ0v) is 21.4. The number of rotatable bonds is 9. The molecule has 0 unspecified atom stereocenters. The molecule has 0 heterocycles. The summed E-state index contributed by atoms with van der Waals surface area (Å²) in [5, 5.41) is 0. The Morgan fingerprint density at radius 1 is 0.833 bits per heavy atom. The Morgan fingerprint density at radius 2 is 1.53 bits per heavy atom. The molecular formula is C31H35NO4.